The summed E-state index contributed by atoms with van der Waals surface area (Å²) in [5, 5.41) is 13.6. The first-order chi connectivity index (χ1) is 10.0. The first-order valence-electron chi connectivity index (χ1n) is 7.47. The van der Waals surface area contributed by atoms with Gasteiger partial charge in [-0.05, 0) is 37.5 Å². The van der Waals surface area contributed by atoms with Crippen molar-refractivity contribution < 1.29 is 14.6 Å². The summed E-state index contributed by atoms with van der Waals surface area (Å²) in [5.74, 6) is 0.399. The lowest BCUT2D eigenvalue weighted by molar-refractivity contribution is -0.120. The summed E-state index contributed by atoms with van der Waals surface area (Å²) in [4.78, 5) is 12.1. The minimum Gasteiger partial charge on any atom is -0.491 e. The van der Waals surface area contributed by atoms with Crippen LogP contribution in [0, 0.1) is 0 Å². The Morgan fingerprint density at radius 3 is 2.81 bits per heavy atom. The van der Waals surface area contributed by atoms with Gasteiger partial charge in [0.25, 0.3) is 0 Å². The predicted octanol–water partition coefficient (Wildman–Crippen LogP) is 3.76. The van der Waals surface area contributed by atoms with Crippen molar-refractivity contribution in [3.8, 4) is 5.75 Å². The SMILES string of the molecule is CCCOc1ccc(Cl)cc1NC(=O)CC1(O)CCCC1. The summed E-state index contributed by atoms with van der Waals surface area (Å²) in [7, 11) is 0. The van der Waals surface area contributed by atoms with E-state index < -0.39 is 5.60 Å². The molecule has 0 spiro atoms. The molecule has 0 aromatic heterocycles. The predicted molar refractivity (Wildman–Crippen MR) is 83.9 cm³/mol. The van der Waals surface area contributed by atoms with E-state index in [0.717, 1.165) is 19.3 Å². The van der Waals surface area contributed by atoms with E-state index in [4.69, 9.17) is 16.3 Å². The molecule has 0 atom stereocenters. The number of benzene rings is 1. The highest BCUT2D eigenvalue weighted by Crippen LogP contribution is 2.33. The van der Waals surface area contributed by atoms with Crippen LogP contribution in [0.15, 0.2) is 18.2 Å². The molecule has 5 heteroatoms. The number of rotatable bonds is 6. The number of aliphatic hydroxyl groups is 1. The van der Waals surface area contributed by atoms with E-state index in [-0.39, 0.29) is 12.3 Å². The maximum Gasteiger partial charge on any atom is 0.227 e. The fraction of sp³-hybridized carbons (Fsp3) is 0.562. The Balaban J connectivity index is 2.03. The number of hydrogen-bond donors (Lipinski definition) is 2. The van der Waals surface area contributed by atoms with Crippen molar-refractivity contribution in [3.05, 3.63) is 23.2 Å². The van der Waals surface area contributed by atoms with Crippen LogP contribution in [0.25, 0.3) is 0 Å². The molecule has 0 bridgehead atoms. The minimum atomic E-state index is -0.854. The largest absolute Gasteiger partial charge is 0.491 e. The Morgan fingerprint density at radius 1 is 1.43 bits per heavy atom. The second-order valence-corrected chi connectivity index (χ2v) is 6.08. The lowest BCUT2D eigenvalue weighted by Gasteiger charge is -2.21. The van der Waals surface area contributed by atoms with Crippen LogP contribution in [-0.2, 0) is 4.79 Å². The standard InChI is InChI=1S/C16H22ClNO3/c1-2-9-21-14-6-5-12(17)10-13(14)18-15(19)11-16(20)7-3-4-8-16/h5-6,10,20H,2-4,7-9,11H2,1H3,(H,18,19). The topological polar surface area (TPSA) is 58.6 Å². The number of carbonyl (C=O) groups excluding carboxylic acids is 1. The lowest BCUT2D eigenvalue weighted by atomic mass is 9.97. The van der Waals surface area contributed by atoms with Gasteiger partial charge in [-0.15, -0.1) is 0 Å². The van der Waals surface area contributed by atoms with Gasteiger partial charge in [0.2, 0.25) is 5.91 Å². The van der Waals surface area contributed by atoms with E-state index in [0.29, 0.717) is 35.9 Å². The van der Waals surface area contributed by atoms with Gasteiger partial charge >= 0.3 is 0 Å². The van der Waals surface area contributed by atoms with Gasteiger partial charge in [-0.3, -0.25) is 4.79 Å². The molecule has 2 rings (SSSR count). The van der Waals surface area contributed by atoms with Crippen LogP contribution in [0.4, 0.5) is 5.69 Å². The molecule has 1 amide bonds. The van der Waals surface area contributed by atoms with Gasteiger partial charge in [0.1, 0.15) is 5.75 Å². The Labute approximate surface area is 130 Å². The van der Waals surface area contributed by atoms with Crippen LogP contribution in [0.5, 0.6) is 5.75 Å². The second-order valence-electron chi connectivity index (χ2n) is 5.65. The van der Waals surface area contributed by atoms with E-state index in [2.05, 4.69) is 5.32 Å². The Morgan fingerprint density at radius 2 is 2.14 bits per heavy atom. The molecule has 0 radical (unpaired) electrons. The zero-order valence-corrected chi connectivity index (χ0v) is 13.1. The van der Waals surface area contributed by atoms with Gasteiger partial charge in [0.15, 0.2) is 0 Å². The van der Waals surface area contributed by atoms with Crippen molar-refractivity contribution in [2.45, 2.75) is 51.0 Å². The molecule has 0 aliphatic heterocycles. The molecule has 0 unspecified atom stereocenters. The molecular formula is C16H22ClNO3. The number of halogens is 1. The molecule has 116 valence electrons. The van der Waals surface area contributed by atoms with E-state index in [1.54, 1.807) is 18.2 Å². The monoisotopic (exact) mass is 311 g/mol. The molecular weight excluding hydrogens is 290 g/mol. The highest BCUT2D eigenvalue weighted by molar-refractivity contribution is 6.31. The van der Waals surface area contributed by atoms with E-state index in [1.165, 1.54) is 0 Å². The molecule has 1 saturated carbocycles. The zero-order chi connectivity index (χ0) is 15.3. The molecule has 1 aromatic carbocycles. The highest BCUT2D eigenvalue weighted by Gasteiger charge is 2.33. The van der Waals surface area contributed by atoms with Crippen molar-refractivity contribution in [1.29, 1.82) is 0 Å². The van der Waals surface area contributed by atoms with Crippen molar-refractivity contribution in [2.75, 3.05) is 11.9 Å². The number of amides is 1. The Hall–Kier alpha value is -1.26. The zero-order valence-electron chi connectivity index (χ0n) is 12.3. The average Bonchev–Trinajstić information content (AvgIpc) is 2.84. The van der Waals surface area contributed by atoms with Gasteiger partial charge < -0.3 is 15.2 Å². The Kier molecular flexibility index (Phi) is 5.48. The number of nitrogens with one attached hydrogen (secondary N) is 1. The number of anilines is 1. The van der Waals surface area contributed by atoms with Crippen LogP contribution in [-0.4, -0.2) is 23.2 Å². The molecule has 0 heterocycles. The van der Waals surface area contributed by atoms with Crippen molar-refractivity contribution in [1.82, 2.24) is 0 Å². The molecule has 1 aliphatic carbocycles. The van der Waals surface area contributed by atoms with Crippen LogP contribution in [0.3, 0.4) is 0 Å². The third-order valence-corrected chi connectivity index (χ3v) is 3.94. The van der Waals surface area contributed by atoms with Crippen LogP contribution >= 0.6 is 11.6 Å². The second kappa shape index (κ2) is 7.14. The molecule has 0 saturated heterocycles. The van der Waals surface area contributed by atoms with E-state index in [1.807, 2.05) is 6.92 Å². The van der Waals surface area contributed by atoms with Gasteiger partial charge in [0.05, 0.1) is 24.3 Å². The van der Waals surface area contributed by atoms with Crippen molar-refractivity contribution in [3.63, 3.8) is 0 Å². The Bertz CT molecular complexity index is 498. The smallest absolute Gasteiger partial charge is 0.227 e. The maximum atomic E-state index is 12.1. The lowest BCUT2D eigenvalue weighted by Crippen LogP contribution is -2.30. The maximum absolute atomic E-state index is 12.1. The van der Waals surface area contributed by atoms with E-state index in [9.17, 15) is 9.90 Å². The minimum absolute atomic E-state index is 0.118. The highest BCUT2D eigenvalue weighted by atomic mass is 35.5. The number of ether oxygens (including phenoxy) is 1. The van der Waals surface area contributed by atoms with Crippen LogP contribution in [0.1, 0.15) is 45.4 Å². The molecule has 21 heavy (non-hydrogen) atoms. The summed E-state index contributed by atoms with van der Waals surface area (Å²) in [6.45, 7) is 2.60. The average molecular weight is 312 g/mol. The molecule has 1 aromatic rings. The summed E-state index contributed by atoms with van der Waals surface area (Å²) in [6, 6.07) is 5.15. The summed E-state index contributed by atoms with van der Waals surface area (Å²) in [6.07, 6.45) is 4.34. The van der Waals surface area contributed by atoms with Crippen LogP contribution in [0.2, 0.25) is 5.02 Å². The molecule has 1 aliphatic rings. The summed E-state index contributed by atoms with van der Waals surface area (Å²) < 4.78 is 5.60. The van der Waals surface area contributed by atoms with Crippen molar-refractivity contribution in [2.24, 2.45) is 0 Å². The number of carbonyl (C=O) groups is 1. The molecule has 1 fully saturated rings. The van der Waals surface area contributed by atoms with E-state index >= 15 is 0 Å². The third-order valence-electron chi connectivity index (χ3n) is 3.70. The van der Waals surface area contributed by atoms with Gasteiger partial charge in [-0.25, -0.2) is 0 Å². The van der Waals surface area contributed by atoms with Crippen molar-refractivity contribution >= 4 is 23.2 Å². The quantitative estimate of drug-likeness (QED) is 0.841. The van der Waals surface area contributed by atoms with Crippen LogP contribution < -0.4 is 10.1 Å². The molecule has 4 nitrogen and oxygen atoms in total. The number of hydrogen-bond acceptors (Lipinski definition) is 3. The normalized spacial score (nSPS) is 16.7. The third kappa shape index (κ3) is 4.61. The van der Waals surface area contributed by atoms with Gasteiger partial charge in [-0.2, -0.15) is 0 Å². The fourth-order valence-corrected chi connectivity index (χ4v) is 2.81. The summed E-state index contributed by atoms with van der Waals surface area (Å²) in [5.41, 5.74) is -0.296. The van der Waals surface area contributed by atoms with Gasteiger partial charge in [0, 0.05) is 5.02 Å². The summed E-state index contributed by atoms with van der Waals surface area (Å²) >= 11 is 5.98. The molecule has 2 N–H and O–H groups in total. The first-order valence-corrected chi connectivity index (χ1v) is 7.85. The van der Waals surface area contributed by atoms with Gasteiger partial charge in [-0.1, -0.05) is 31.4 Å². The fourth-order valence-electron chi connectivity index (χ4n) is 2.64. The first kappa shape index (κ1) is 16.1.